The smallest absolute Gasteiger partial charge is 0.461 e. The lowest BCUT2D eigenvalue weighted by Gasteiger charge is -2.18. The molecule has 4 nitrogen and oxygen atoms in total. The van der Waals surface area contributed by atoms with Gasteiger partial charge in [-0.1, -0.05) is 0 Å². The molecule has 100 valence electrons. The number of alkyl halides is 4. The van der Waals surface area contributed by atoms with E-state index in [4.69, 9.17) is 5.73 Å². The first-order valence-corrected chi connectivity index (χ1v) is 4.60. The molecule has 18 heavy (non-hydrogen) atoms. The van der Waals surface area contributed by atoms with Crippen LogP contribution in [0.2, 0.25) is 0 Å². The van der Waals surface area contributed by atoms with Crippen LogP contribution >= 0.6 is 0 Å². The van der Waals surface area contributed by atoms with Crippen LogP contribution in [-0.4, -0.2) is 25.6 Å². The summed E-state index contributed by atoms with van der Waals surface area (Å²) in [5.41, 5.74) is 4.92. The predicted molar refractivity (Wildman–Crippen MR) is 53.8 cm³/mol. The zero-order valence-electron chi connectivity index (χ0n) is 9.12. The molecule has 0 aliphatic heterocycles. The lowest BCUT2D eigenvalue weighted by atomic mass is 10.2. The summed E-state index contributed by atoms with van der Waals surface area (Å²) in [4.78, 5) is 11.1. The lowest BCUT2D eigenvalue weighted by Crippen LogP contribution is -2.33. The van der Waals surface area contributed by atoms with Crippen molar-refractivity contribution in [3.05, 3.63) is 23.8 Å². The van der Waals surface area contributed by atoms with Crippen molar-refractivity contribution in [1.82, 2.24) is 0 Å². The van der Waals surface area contributed by atoms with E-state index in [1.54, 1.807) is 0 Å². The molecule has 1 rings (SSSR count). The van der Waals surface area contributed by atoms with E-state index in [2.05, 4.69) is 9.47 Å². The van der Waals surface area contributed by atoms with Crippen LogP contribution in [0.15, 0.2) is 18.2 Å². The van der Waals surface area contributed by atoms with Crippen LogP contribution in [0.25, 0.3) is 0 Å². The van der Waals surface area contributed by atoms with E-state index in [1.807, 2.05) is 0 Å². The Hall–Kier alpha value is -1.99. The summed E-state index contributed by atoms with van der Waals surface area (Å²) in [6.07, 6.45) is -8.64. The molecule has 0 radical (unpaired) electrons. The first kappa shape index (κ1) is 14.1. The number of carbonyl (C=O) groups is 1. The summed E-state index contributed by atoms with van der Waals surface area (Å²) in [5, 5.41) is 0. The molecule has 0 heterocycles. The van der Waals surface area contributed by atoms with Crippen molar-refractivity contribution < 1.29 is 31.8 Å². The molecule has 1 aromatic carbocycles. The van der Waals surface area contributed by atoms with E-state index in [0.717, 1.165) is 25.3 Å². The molecule has 0 saturated heterocycles. The van der Waals surface area contributed by atoms with Crippen LogP contribution < -0.4 is 10.5 Å². The molecule has 0 spiro atoms. The molecule has 2 N–H and O–H groups in total. The number of nitrogens with two attached hydrogens (primary N) is 1. The quantitative estimate of drug-likeness (QED) is 0.516. The minimum Gasteiger partial charge on any atom is -0.465 e. The second-order valence-corrected chi connectivity index (χ2v) is 3.21. The van der Waals surface area contributed by atoms with Gasteiger partial charge < -0.3 is 15.2 Å². The summed E-state index contributed by atoms with van der Waals surface area (Å²) in [6.45, 7) is 0. The Morgan fingerprint density at radius 3 is 2.44 bits per heavy atom. The second-order valence-electron chi connectivity index (χ2n) is 3.21. The standard InChI is InChI=1S/C10H9F4NO3/c1-17-8(16)5-2-3-7(6(15)4-5)18-10(13,14)9(11)12/h2-4,9H,15H2,1H3. The van der Waals surface area contributed by atoms with Crippen LogP contribution in [-0.2, 0) is 4.74 Å². The van der Waals surface area contributed by atoms with Gasteiger partial charge in [-0.3, -0.25) is 0 Å². The Balaban J connectivity index is 2.97. The highest BCUT2D eigenvalue weighted by Crippen LogP contribution is 2.31. The van der Waals surface area contributed by atoms with Gasteiger partial charge in [0.2, 0.25) is 0 Å². The molecule has 0 aromatic heterocycles. The minimum atomic E-state index is -4.65. The van der Waals surface area contributed by atoms with Gasteiger partial charge in [-0.15, -0.1) is 0 Å². The molecule has 0 unspecified atom stereocenters. The summed E-state index contributed by atoms with van der Waals surface area (Å²) < 4.78 is 57.2. The first-order valence-electron chi connectivity index (χ1n) is 4.60. The average Bonchev–Trinajstić information content (AvgIpc) is 2.30. The van der Waals surface area contributed by atoms with Crippen molar-refractivity contribution in [3.8, 4) is 5.75 Å². The number of carbonyl (C=O) groups excluding carboxylic acids is 1. The number of nitrogen functional groups attached to an aromatic ring is 1. The molecule has 8 heteroatoms. The van der Waals surface area contributed by atoms with Crippen molar-refractivity contribution in [1.29, 1.82) is 0 Å². The van der Waals surface area contributed by atoms with E-state index in [0.29, 0.717) is 0 Å². The minimum absolute atomic E-state index is 0.0114. The van der Waals surface area contributed by atoms with Crippen molar-refractivity contribution in [2.24, 2.45) is 0 Å². The second kappa shape index (κ2) is 5.11. The van der Waals surface area contributed by atoms with E-state index in [-0.39, 0.29) is 11.3 Å². The Morgan fingerprint density at radius 1 is 1.39 bits per heavy atom. The number of methoxy groups -OCH3 is 1. The van der Waals surface area contributed by atoms with Gasteiger partial charge in [-0.25, -0.2) is 4.79 Å². The third-order valence-electron chi connectivity index (χ3n) is 1.93. The van der Waals surface area contributed by atoms with Crippen LogP contribution in [0.1, 0.15) is 10.4 Å². The molecule has 0 aliphatic rings. The van der Waals surface area contributed by atoms with Crippen molar-refractivity contribution in [3.63, 3.8) is 0 Å². The molecule has 0 bridgehead atoms. The van der Waals surface area contributed by atoms with Gasteiger partial charge in [0.15, 0.2) is 0 Å². The van der Waals surface area contributed by atoms with Crippen molar-refractivity contribution in [2.45, 2.75) is 12.5 Å². The number of halogens is 4. The molecule has 0 amide bonds. The number of hydrogen-bond acceptors (Lipinski definition) is 4. The fourth-order valence-electron chi connectivity index (χ4n) is 1.08. The number of esters is 1. The highest BCUT2D eigenvalue weighted by Gasteiger charge is 2.44. The summed E-state index contributed by atoms with van der Waals surface area (Å²) in [7, 11) is 1.12. The fourth-order valence-corrected chi connectivity index (χ4v) is 1.08. The third kappa shape index (κ3) is 3.02. The van der Waals surface area contributed by atoms with Crippen molar-refractivity contribution >= 4 is 11.7 Å². The van der Waals surface area contributed by atoms with Gasteiger partial charge >= 0.3 is 18.5 Å². The SMILES string of the molecule is COC(=O)c1ccc(OC(F)(F)C(F)F)c(N)c1. The van der Waals surface area contributed by atoms with Gasteiger partial charge in [-0.05, 0) is 18.2 Å². The normalized spacial score (nSPS) is 11.4. The van der Waals surface area contributed by atoms with Crippen LogP contribution in [0.3, 0.4) is 0 Å². The molecule has 0 aliphatic carbocycles. The predicted octanol–water partition coefficient (Wildman–Crippen LogP) is 2.29. The number of anilines is 1. The van der Waals surface area contributed by atoms with Crippen LogP contribution in [0, 0.1) is 0 Å². The van der Waals surface area contributed by atoms with E-state index in [1.165, 1.54) is 0 Å². The van der Waals surface area contributed by atoms with Gasteiger partial charge in [0.25, 0.3) is 0 Å². The monoisotopic (exact) mass is 267 g/mol. The molecule has 1 aromatic rings. The number of ether oxygens (including phenoxy) is 2. The maximum Gasteiger partial charge on any atom is 0.461 e. The molecule has 0 saturated carbocycles. The van der Waals surface area contributed by atoms with Crippen molar-refractivity contribution in [2.75, 3.05) is 12.8 Å². The van der Waals surface area contributed by atoms with Gasteiger partial charge in [0, 0.05) is 0 Å². The molecular formula is C10H9F4NO3. The van der Waals surface area contributed by atoms with E-state index < -0.39 is 24.3 Å². The number of benzene rings is 1. The lowest BCUT2D eigenvalue weighted by molar-refractivity contribution is -0.252. The summed E-state index contributed by atoms with van der Waals surface area (Å²) >= 11 is 0. The molecule has 0 fully saturated rings. The van der Waals surface area contributed by atoms with E-state index in [9.17, 15) is 22.4 Å². The zero-order valence-corrected chi connectivity index (χ0v) is 9.12. The largest absolute Gasteiger partial charge is 0.465 e. The van der Waals surface area contributed by atoms with Gasteiger partial charge in [-0.2, -0.15) is 17.6 Å². The van der Waals surface area contributed by atoms with Crippen LogP contribution in [0.5, 0.6) is 5.75 Å². The highest BCUT2D eigenvalue weighted by atomic mass is 19.3. The zero-order chi connectivity index (χ0) is 13.9. The Morgan fingerprint density at radius 2 is 2.00 bits per heavy atom. The first-order chi connectivity index (χ1) is 8.27. The fraction of sp³-hybridized carbons (Fsp3) is 0.300. The average molecular weight is 267 g/mol. The van der Waals surface area contributed by atoms with E-state index >= 15 is 0 Å². The maximum atomic E-state index is 12.6. The Kier molecular flexibility index (Phi) is 4.00. The molecule has 0 atom stereocenters. The Bertz CT molecular complexity index is 451. The third-order valence-corrected chi connectivity index (χ3v) is 1.93. The number of hydrogen-bond donors (Lipinski definition) is 1. The Labute approximate surface area is 99.3 Å². The maximum absolute atomic E-state index is 12.6. The topological polar surface area (TPSA) is 61.5 Å². The summed E-state index contributed by atoms with van der Waals surface area (Å²) in [6, 6.07) is 2.94. The van der Waals surface area contributed by atoms with Gasteiger partial charge in [0.1, 0.15) is 5.75 Å². The number of rotatable bonds is 4. The highest BCUT2D eigenvalue weighted by molar-refractivity contribution is 5.90. The summed E-state index contributed by atoms with van der Waals surface area (Å²) in [5.74, 6) is -1.39. The van der Waals surface area contributed by atoms with Crippen LogP contribution in [0.4, 0.5) is 23.2 Å². The van der Waals surface area contributed by atoms with Gasteiger partial charge in [0.05, 0.1) is 18.4 Å². The molecular weight excluding hydrogens is 258 g/mol.